The summed E-state index contributed by atoms with van der Waals surface area (Å²) >= 11 is 0. The van der Waals surface area contributed by atoms with Crippen LogP contribution in [0.15, 0.2) is 0 Å². The Morgan fingerprint density at radius 1 is 1.26 bits per heavy atom. The lowest BCUT2D eigenvalue weighted by atomic mass is 9.86. The lowest BCUT2D eigenvalue weighted by molar-refractivity contribution is -0.138. The van der Waals surface area contributed by atoms with Crippen LogP contribution in [0.3, 0.4) is 0 Å². The highest BCUT2D eigenvalue weighted by atomic mass is 16.5. The van der Waals surface area contributed by atoms with Crippen molar-refractivity contribution < 1.29 is 14.3 Å². The fourth-order valence-corrected chi connectivity index (χ4v) is 4.37. The van der Waals surface area contributed by atoms with Gasteiger partial charge < -0.3 is 14.5 Å². The van der Waals surface area contributed by atoms with E-state index in [2.05, 4.69) is 16.8 Å². The van der Waals surface area contributed by atoms with Crippen LogP contribution in [0, 0.1) is 5.92 Å². The number of methoxy groups -OCH3 is 1. The molecule has 3 rings (SSSR count). The molecule has 2 heterocycles. The van der Waals surface area contributed by atoms with Gasteiger partial charge in [-0.1, -0.05) is 0 Å². The zero-order valence-electron chi connectivity index (χ0n) is 17.3. The molecule has 0 aromatic carbocycles. The summed E-state index contributed by atoms with van der Waals surface area (Å²) < 4.78 is 5.10. The zero-order chi connectivity index (χ0) is 19.4. The first-order chi connectivity index (χ1) is 12.9. The molecule has 2 saturated heterocycles. The summed E-state index contributed by atoms with van der Waals surface area (Å²) in [4.78, 5) is 33.9. The summed E-state index contributed by atoms with van der Waals surface area (Å²) in [6.07, 6.45) is 4.96. The molecule has 1 aliphatic carbocycles. The summed E-state index contributed by atoms with van der Waals surface area (Å²) in [5, 5.41) is 0. The number of likely N-dealkylation sites (N-methyl/N-ethyl adjacent to an activating group) is 2. The van der Waals surface area contributed by atoms with Crippen molar-refractivity contribution in [1.82, 2.24) is 19.6 Å². The lowest BCUT2D eigenvalue weighted by Crippen LogP contribution is -2.63. The maximum Gasteiger partial charge on any atom is 0.236 e. The SMILES string of the molecule is COCCN(C)CC(=O)N1CCN(C)[C@]2(CCC(=O)N(CC3CC3)CC2)C1. The molecule has 2 aliphatic heterocycles. The predicted octanol–water partition coefficient (Wildman–Crippen LogP) is 0.500. The Morgan fingerprint density at radius 3 is 2.74 bits per heavy atom. The third kappa shape index (κ3) is 5.21. The maximum absolute atomic E-state index is 12.8. The van der Waals surface area contributed by atoms with Gasteiger partial charge in [0.2, 0.25) is 11.8 Å². The van der Waals surface area contributed by atoms with Crippen LogP contribution in [0.25, 0.3) is 0 Å². The number of likely N-dealkylation sites (tertiary alicyclic amines) is 1. The molecule has 0 radical (unpaired) electrons. The van der Waals surface area contributed by atoms with Crippen molar-refractivity contribution in [2.45, 2.75) is 37.6 Å². The van der Waals surface area contributed by atoms with Gasteiger partial charge in [0.15, 0.2) is 0 Å². The van der Waals surface area contributed by atoms with Crippen LogP contribution in [0.1, 0.15) is 32.1 Å². The summed E-state index contributed by atoms with van der Waals surface area (Å²) in [6, 6.07) is 0. The number of hydrogen-bond donors (Lipinski definition) is 0. The monoisotopic (exact) mass is 380 g/mol. The van der Waals surface area contributed by atoms with Gasteiger partial charge in [-0.2, -0.15) is 0 Å². The van der Waals surface area contributed by atoms with Crippen molar-refractivity contribution in [3.8, 4) is 0 Å². The highest BCUT2D eigenvalue weighted by Gasteiger charge is 2.43. The Labute approximate surface area is 163 Å². The van der Waals surface area contributed by atoms with Crippen molar-refractivity contribution in [3.05, 3.63) is 0 Å². The average molecular weight is 381 g/mol. The second-order valence-corrected chi connectivity index (χ2v) is 8.72. The molecule has 1 spiro atoms. The number of amides is 2. The average Bonchev–Trinajstić information content (AvgIpc) is 3.48. The van der Waals surface area contributed by atoms with Crippen LogP contribution in [0.4, 0.5) is 0 Å². The molecule has 3 aliphatic rings. The molecule has 154 valence electrons. The molecule has 0 aromatic heterocycles. The summed E-state index contributed by atoms with van der Waals surface area (Å²) in [5.74, 6) is 1.22. The minimum atomic E-state index is -0.0625. The first-order valence-corrected chi connectivity index (χ1v) is 10.4. The van der Waals surface area contributed by atoms with Gasteiger partial charge in [0, 0.05) is 58.3 Å². The molecule has 0 N–H and O–H groups in total. The number of carbonyl (C=O) groups excluding carboxylic acids is 2. The minimum absolute atomic E-state index is 0.0625. The van der Waals surface area contributed by atoms with E-state index in [0.29, 0.717) is 25.5 Å². The summed E-state index contributed by atoms with van der Waals surface area (Å²) in [5.41, 5.74) is -0.0625. The highest BCUT2D eigenvalue weighted by molar-refractivity contribution is 5.79. The van der Waals surface area contributed by atoms with Crippen LogP contribution < -0.4 is 0 Å². The van der Waals surface area contributed by atoms with E-state index in [9.17, 15) is 9.59 Å². The van der Waals surface area contributed by atoms with E-state index >= 15 is 0 Å². The van der Waals surface area contributed by atoms with Crippen LogP contribution in [-0.2, 0) is 14.3 Å². The van der Waals surface area contributed by atoms with Gasteiger partial charge >= 0.3 is 0 Å². The van der Waals surface area contributed by atoms with E-state index in [1.165, 1.54) is 12.8 Å². The van der Waals surface area contributed by atoms with Gasteiger partial charge in [-0.05, 0) is 45.7 Å². The standard InChI is InChI=1S/C20H36N4O3/c1-21(12-13-27-3)15-19(26)24-11-10-22(2)20(16-24)7-6-18(25)23(9-8-20)14-17-4-5-17/h17H,4-16H2,1-3H3/t20-/m0/s1. The Bertz CT molecular complexity index is 539. The van der Waals surface area contributed by atoms with Crippen LogP contribution >= 0.6 is 0 Å². The molecule has 7 heteroatoms. The zero-order valence-corrected chi connectivity index (χ0v) is 17.3. The first-order valence-electron chi connectivity index (χ1n) is 10.4. The van der Waals surface area contributed by atoms with Crippen molar-refractivity contribution >= 4 is 11.8 Å². The highest BCUT2D eigenvalue weighted by Crippen LogP contribution is 2.35. The number of hydrogen-bond acceptors (Lipinski definition) is 5. The molecule has 0 bridgehead atoms. The molecule has 1 saturated carbocycles. The van der Waals surface area contributed by atoms with Crippen molar-refractivity contribution in [2.75, 3.05) is 73.6 Å². The van der Waals surface area contributed by atoms with Crippen LogP contribution in [0.5, 0.6) is 0 Å². The molecule has 7 nitrogen and oxygen atoms in total. The third-order valence-electron chi connectivity index (χ3n) is 6.61. The Morgan fingerprint density at radius 2 is 2.04 bits per heavy atom. The number of carbonyl (C=O) groups is 2. The van der Waals surface area contributed by atoms with E-state index in [0.717, 1.165) is 58.0 Å². The van der Waals surface area contributed by atoms with E-state index < -0.39 is 0 Å². The van der Waals surface area contributed by atoms with Gasteiger partial charge in [0.25, 0.3) is 0 Å². The molecule has 1 atom stereocenters. The number of nitrogens with zero attached hydrogens (tertiary/aromatic N) is 4. The fraction of sp³-hybridized carbons (Fsp3) is 0.900. The van der Waals surface area contributed by atoms with Gasteiger partial charge in [-0.25, -0.2) is 0 Å². The summed E-state index contributed by atoms with van der Waals surface area (Å²) in [7, 11) is 5.80. The van der Waals surface area contributed by atoms with E-state index in [4.69, 9.17) is 4.74 Å². The number of rotatable bonds is 7. The molecule has 0 aromatic rings. The predicted molar refractivity (Wildman–Crippen MR) is 104 cm³/mol. The molecule has 2 amide bonds. The quantitative estimate of drug-likeness (QED) is 0.644. The first kappa shape index (κ1) is 20.6. The Hall–Kier alpha value is -1.18. The van der Waals surface area contributed by atoms with Crippen LogP contribution in [0.2, 0.25) is 0 Å². The second kappa shape index (κ2) is 8.88. The molecular weight excluding hydrogens is 344 g/mol. The summed E-state index contributed by atoms with van der Waals surface area (Å²) in [6.45, 7) is 5.97. The van der Waals surface area contributed by atoms with Crippen molar-refractivity contribution in [2.24, 2.45) is 5.92 Å². The minimum Gasteiger partial charge on any atom is -0.383 e. The largest absolute Gasteiger partial charge is 0.383 e. The van der Waals surface area contributed by atoms with Gasteiger partial charge in [0.1, 0.15) is 0 Å². The topological polar surface area (TPSA) is 56.3 Å². The van der Waals surface area contributed by atoms with Crippen molar-refractivity contribution in [3.63, 3.8) is 0 Å². The third-order valence-corrected chi connectivity index (χ3v) is 6.61. The van der Waals surface area contributed by atoms with E-state index in [-0.39, 0.29) is 11.4 Å². The number of ether oxygens (including phenoxy) is 1. The molecule has 0 unspecified atom stereocenters. The normalized spacial score (nSPS) is 27.5. The smallest absolute Gasteiger partial charge is 0.236 e. The maximum atomic E-state index is 12.8. The van der Waals surface area contributed by atoms with Gasteiger partial charge in [-0.3, -0.25) is 19.4 Å². The molecule has 3 fully saturated rings. The van der Waals surface area contributed by atoms with Crippen molar-refractivity contribution in [1.29, 1.82) is 0 Å². The molecular formula is C20H36N4O3. The van der Waals surface area contributed by atoms with E-state index in [1.807, 2.05) is 16.8 Å². The fourth-order valence-electron chi connectivity index (χ4n) is 4.37. The lowest BCUT2D eigenvalue weighted by Gasteiger charge is -2.49. The Balaban J connectivity index is 1.60. The van der Waals surface area contributed by atoms with E-state index in [1.54, 1.807) is 7.11 Å². The second-order valence-electron chi connectivity index (χ2n) is 8.72. The van der Waals surface area contributed by atoms with Gasteiger partial charge in [0.05, 0.1) is 13.2 Å². The molecule has 27 heavy (non-hydrogen) atoms. The van der Waals surface area contributed by atoms with Crippen LogP contribution in [-0.4, -0.2) is 111 Å². The van der Waals surface area contributed by atoms with Gasteiger partial charge in [-0.15, -0.1) is 0 Å². The Kier molecular flexibility index (Phi) is 6.76. The number of piperazine rings is 1.